The molecule has 0 aliphatic carbocycles. The van der Waals surface area contributed by atoms with Gasteiger partial charge in [0.25, 0.3) is 0 Å². The van der Waals surface area contributed by atoms with E-state index in [0.717, 1.165) is 12.8 Å². The highest BCUT2D eigenvalue weighted by Crippen LogP contribution is 2.00. The summed E-state index contributed by atoms with van der Waals surface area (Å²) in [4.78, 5) is 0. The van der Waals surface area contributed by atoms with Crippen LogP contribution in [-0.2, 0) is 0 Å². The topological polar surface area (TPSA) is 0 Å². The highest BCUT2D eigenvalue weighted by Gasteiger charge is 1.82. The molecule has 0 N–H and O–H groups in total. The molecule has 0 saturated heterocycles. The zero-order valence-corrected chi connectivity index (χ0v) is 8.40. The van der Waals surface area contributed by atoms with Gasteiger partial charge in [0.1, 0.15) is 0 Å². The Hall–Kier alpha value is -0.700. The lowest BCUT2D eigenvalue weighted by molar-refractivity contribution is 0.679. The lowest BCUT2D eigenvalue weighted by Crippen LogP contribution is -1.73. The maximum absolute atomic E-state index is 3.18. The Labute approximate surface area is 77.1 Å². The van der Waals surface area contributed by atoms with E-state index in [1.165, 1.54) is 25.7 Å². The molecule has 0 aromatic carbocycles. The molecule has 0 aromatic rings. The molecule has 0 spiro atoms. The first kappa shape index (κ1) is 11.3. The third-order valence-electron chi connectivity index (χ3n) is 1.74. The SMILES string of the molecule is CC=CCC#CCCCCCC. The first-order valence-electron chi connectivity index (χ1n) is 4.98. The molecule has 0 heteroatoms. The number of hydrogen-bond donors (Lipinski definition) is 0. The average molecular weight is 164 g/mol. The average Bonchev–Trinajstić information content (AvgIpc) is 2.10. The van der Waals surface area contributed by atoms with Crippen molar-refractivity contribution < 1.29 is 0 Å². The quantitative estimate of drug-likeness (QED) is 0.328. The summed E-state index contributed by atoms with van der Waals surface area (Å²) in [6.45, 7) is 4.26. The van der Waals surface area contributed by atoms with Gasteiger partial charge in [0.15, 0.2) is 0 Å². The van der Waals surface area contributed by atoms with Gasteiger partial charge >= 0.3 is 0 Å². The lowest BCUT2D eigenvalue weighted by atomic mass is 10.1. The fraction of sp³-hybridized carbons (Fsp3) is 0.667. The predicted octanol–water partition coefficient (Wildman–Crippen LogP) is 3.93. The van der Waals surface area contributed by atoms with Crippen LogP contribution in [-0.4, -0.2) is 0 Å². The standard InChI is InChI=1S/C12H20/c1-3-5-7-9-11-12-10-8-6-4-2/h3,5H,4,6-8,10,12H2,1-2H3. The Kier molecular flexibility index (Phi) is 9.70. The van der Waals surface area contributed by atoms with Gasteiger partial charge < -0.3 is 0 Å². The summed E-state index contributed by atoms with van der Waals surface area (Å²) in [7, 11) is 0. The minimum Gasteiger partial charge on any atom is -0.103 e. The van der Waals surface area contributed by atoms with E-state index in [4.69, 9.17) is 0 Å². The summed E-state index contributed by atoms with van der Waals surface area (Å²) in [5.74, 6) is 6.30. The Balaban J connectivity index is 3.10. The van der Waals surface area contributed by atoms with Gasteiger partial charge in [-0.15, -0.1) is 5.92 Å². The first-order chi connectivity index (χ1) is 5.91. The van der Waals surface area contributed by atoms with Crippen molar-refractivity contribution >= 4 is 0 Å². The van der Waals surface area contributed by atoms with Crippen molar-refractivity contribution in [1.29, 1.82) is 0 Å². The van der Waals surface area contributed by atoms with E-state index in [2.05, 4.69) is 24.8 Å². The van der Waals surface area contributed by atoms with Crippen molar-refractivity contribution in [3.05, 3.63) is 12.2 Å². The molecule has 0 heterocycles. The minimum absolute atomic E-state index is 0.921. The van der Waals surface area contributed by atoms with Gasteiger partial charge in [0.2, 0.25) is 0 Å². The predicted molar refractivity (Wildman–Crippen MR) is 56.0 cm³/mol. The molecule has 0 aromatic heterocycles. The second-order valence-electron chi connectivity index (χ2n) is 2.94. The van der Waals surface area contributed by atoms with Crippen molar-refractivity contribution in [3.63, 3.8) is 0 Å². The van der Waals surface area contributed by atoms with E-state index in [0.29, 0.717) is 0 Å². The largest absolute Gasteiger partial charge is 0.103 e. The molecule has 0 rings (SSSR count). The molecule has 0 bridgehead atoms. The second kappa shape index (κ2) is 10.3. The molecule has 0 saturated carbocycles. The molecule has 68 valence electrons. The van der Waals surface area contributed by atoms with Gasteiger partial charge in [-0.25, -0.2) is 0 Å². The van der Waals surface area contributed by atoms with Crippen molar-refractivity contribution in [1.82, 2.24) is 0 Å². The summed E-state index contributed by atoms with van der Waals surface area (Å²) in [5, 5.41) is 0. The smallest absolute Gasteiger partial charge is 0.0269 e. The Morgan fingerprint density at radius 1 is 1.08 bits per heavy atom. The molecule has 0 atom stereocenters. The van der Waals surface area contributed by atoms with Gasteiger partial charge in [0.05, 0.1) is 0 Å². The fourth-order valence-electron chi connectivity index (χ4n) is 0.977. The van der Waals surface area contributed by atoms with Crippen LogP contribution in [0.4, 0.5) is 0 Å². The zero-order valence-electron chi connectivity index (χ0n) is 8.40. The number of unbranched alkanes of at least 4 members (excludes halogenated alkanes) is 4. The first-order valence-corrected chi connectivity index (χ1v) is 4.98. The van der Waals surface area contributed by atoms with Crippen molar-refractivity contribution in [2.45, 2.75) is 52.4 Å². The van der Waals surface area contributed by atoms with Crippen LogP contribution in [0.25, 0.3) is 0 Å². The second-order valence-corrected chi connectivity index (χ2v) is 2.94. The van der Waals surface area contributed by atoms with Gasteiger partial charge in [0, 0.05) is 12.8 Å². The maximum atomic E-state index is 3.18. The molecule has 0 aliphatic rings. The van der Waals surface area contributed by atoms with Crippen LogP contribution >= 0.6 is 0 Å². The summed E-state index contributed by atoms with van der Waals surface area (Å²) in [6.07, 6.45) is 11.4. The monoisotopic (exact) mass is 164 g/mol. The molecule has 12 heavy (non-hydrogen) atoms. The van der Waals surface area contributed by atoms with E-state index in [1.54, 1.807) is 0 Å². The van der Waals surface area contributed by atoms with Crippen molar-refractivity contribution in [2.75, 3.05) is 0 Å². The van der Waals surface area contributed by atoms with E-state index < -0.39 is 0 Å². The van der Waals surface area contributed by atoms with Gasteiger partial charge in [-0.1, -0.05) is 44.3 Å². The van der Waals surface area contributed by atoms with Crippen molar-refractivity contribution in [3.8, 4) is 11.8 Å². The molecule has 0 aliphatic heterocycles. The summed E-state index contributed by atoms with van der Waals surface area (Å²) in [5.41, 5.74) is 0. The van der Waals surface area contributed by atoms with E-state index >= 15 is 0 Å². The molecular weight excluding hydrogens is 144 g/mol. The summed E-state index contributed by atoms with van der Waals surface area (Å²) < 4.78 is 0. The molecule has 0 fully saturated rings. The van der Waals surface area contributed by atoms with Crippen LogP contribution < -0.4 is 0 Å². The van der Waals surface area contributed by atoms with Crippen molar-refractivity contribution in [2.24, 2.45) is 0 Å². The third kappa shape index (κ3) is 9.30. The Morgan fingerprint density at radius 2 is 1.92 bits per heavy atom. The van der Waals surface area contributed by atoms with Crippen LogP contribution in [0.5, 0.6) is 0 Å². The minimum atomic E-state index is 0.921. The van der Waals surface area contributed by atoms with Crippen LogP contribution in [0.2, 0.25) is 0 Å². The highest BCUT2D eigenvalue weighted by molar-refractivity contribution is 5.03. The Bertz CT molecular complexity index is 155. The van der Waals surface area contributed by atoms with Crippen LogP contribution in [0.15, 0.2) is 12.2 Å². The van der Waals surface area contributed by atoms with Gasteiger partial charge in [-0.2, -0.15) is 0 Å². The van der Waals surface area contributed by atoms with Crippen LogP contribution in [0.1, 0.15) is 52.4 Å². The third-order valence-corrected chi connectivity index (χ3v) is 1.74. The van der Waals surface area contributed by atoms with Crippen LogP contribution in [0, 0.1) is 11.8 Å². The fourth-order valence-corrected chi connectivity index (χ4v) is 0.977. The van der Waals surface area contributed by atoms with Gasteiger partial charge in [-0.3, -0.25) is 0 Å². The number of allylic oxidation sites excluding steroid dienone is 2. The summed E-state index contributed by atoms with van der Waals surface area (Å²) >= 11 is 0. The lowest BCUT2D eigenvalue weighted by Gasteiger charge is -1.91. The molecule has 0 radical (unpaired) electrons. The molecule has 0 nitrogen and oxygen atoms in total. The number of hydrogen-bond acceptors (Lipinski definition) is 0. The van der Waals surface area contributed by atoms with Crippen LogP contribution in [0.3, 0.4) is 0 Å². The highest BCUT2D eigenvalue weighted by atomic mass is 13.9. The molecule has 0 amide bonds. The zero-order chi connectivity index (χ0) is 9.07. The normalized spacial score (nSPS) is 9.83. The summed E-state index contributed by atoms with van der Waals surface area (Å²) in [6, 6.07) is 0. The maximum Gasteiger partial charge on any atom is 0.0269 e. The van der Waals surface area contributed by atoms with E-state index in [9.17, 15) is 0 Å². The molecule has 0 unspecified atom stereocenters. The number of rotatable bonds is 5. The Morgan fingerprint density at radius 3 is 2.58 bits per heavy atom. The molecular formula is C12H20. The van der Waals surface area contributed by atoms with E-state index in [1.807, 2.05) is 13.0 Å². The van der Waals surface area contributed by atoms with Gasteiger partial charge in [-0.05, 0) is 13.3 Å². The van der Waals surface area contributed by atoms with E-state index in [-0.39, 0.29) is 0 Å².